The molecule has 8 atom stereocenters. The van der Waals surface area contributed by atoms with E-state index in [1.807, 2.05) is 0 Å². The fourth-order valence-electron chi connectivity index (χ4n) is 9.66. The van der Waals surface area contributed by atoms with Crippen molar-refractivity contribution in [2.45, 2.75) is 144 Å². The number of hydrogen-bond acceptors (Lipinski definition) is 0. The molecule has 4 saturated carbocycles. The summed E-state index contributed by atoms with van der Waals surface area (Å²) in [6.45, 7) is 12.6. The Morgan fingerprint density at radius 1 is 0.688 bits per heavy atom. The van der Waals surface area contributed by atoms with E-state index in [0.29, 0.717) is 5.41 Å². The monoisotopic (exact) mass is 442 g/mol. The van der Waals surface area contributed by atoms with Crippen LogP contribution in [0, 0.1) is 58.7 Å². The first kappa shape index (κ1) is 25.1. The van der Waals surface area contributed by atoms with Crippen LogP contribution in [0.15, 0.2) is 0 Å². The molecule has 186 valence electrons. The van der Waals surface area contributed by atoms with Crippen molar-refractivity contribution in [2.75, 3.05) is 0 Å². The van der Waals surface area contributed by atoms with Crippen molar-refractivity contribution in [3.63, 3.8) is 0 Å². The highest BCUT2D eigenvalue weighted by Gasteiger charge is 2.48. The van der Waals surface area contributed by atoms with Gasteiger partial charge in [-0.05, 0) is 97.2 Å². The van der Waals surface area contributed by atoms with Crippen LogP contribution in [0.5, 0.6) is 0 Å². The summed E-state index contributed by atoms with van der Waals surface area (Å²) in [6.07, 6.45) is 26.2. The van der Waals surface area contributed by atoms with Gasteiger partial charge in [0.25, 0.3) is 0 Å². The average Bonchev–Trinajstić information content (AvgIpc) is 3.37. The van der Waals surface area contributed by atoms with Crippen molar-refractivity contribution in [1.29, 1.82) is 0 Å². The van der Waals surface area contributed by atoms with Crippen molar-refractivity contribution in [3.05, 3.63) is 0 Å². The van der Waals surface area contributed by atoms with E-state index in [4.69, 9.17) is 0 Å². The molecule has 4 fully saturated rings. The van der Waals surface area contributed by atoms with E-state index in [2.05, 4.69) is 34.6 Å². The van der Waals surface area contributed by atoms with Gasteiger partial charge >= 0.3 is 0 Å². The molecule has 0 nitrogen and oxygen atoms in total. The minimum Gasteiger partial charge on any atom is -0.0651 e. The Hall–Kier alpha value is 0. The minimum atomic E-state index is 0.511. The highest BCUT2D eigenvalue weighted by molar-refractivity contribution is 4.98. The van der Waals surface area contributed by atoms with Gasteiger partial charge in [-0.1, -0.05) is 105 Å². The van der Waals surface area contributed by atoms with Crippen molar-refractivity contribution in [3.8, 4) is 0 Å². The zero-order valence-electron chi connectivity index (χ0n) is 22.7. The van der Waals surface area contributed by atoms with Gasteiger partial charge in [-0.2, -0.15) is 0 Å². The Bertz CT molecular complexity index is 549. The first-order chi connectivity index (χ1) is 15.4. The van der Waals surface area contributed by atoms with Gasteiger partial charge in [-0.15, -0.1) is 0 Å². The highest BCUT2D eigenvalue weighted by Crippen LogP contribution is 2.57. The number of hydrogen-bond donors (Lipinski definition) is 0. The van der Waals surface area contributed by atoms with Gasteiger partial charge in [0.15, 0.2) is 0 Å². The predicted molar refractivity (Wildman–Crippen MR) is 141 cm³/mol. The highest BCUT2D eigenvalue weighted by atomic mass is 14.5. The maximum atomic E-state index is 2.56. The molecule has 0 heterocycles. The first-order valence-electron chi connectivity index (χ1n) is 15.4. The number of rotatable bonds is 7. The summed E-state index contributed by atoms with van der Waals surface area (Å²) >= 11 is 0. The van der Waals surface area contributed by atoms with Gasteiger partial charge in [0.05, 0.1) is 0 Å². The maximum absolute atomic E-state index is 2.56. The van der Waals surface area contributed by atoms with Gasteiger partial charge < -0.3 is 0 Å². The molecule has 4 rings (SSSR count). The van der Waals surface area contributed by atoms with Crippen molar-refractivity contribution < 1.29 is 0 Å². The molecule has 0 spiro atoms. The molecular weight excluding hydrogens is 384 g/mol. The van der Waals surface area contributed by atoms with Gasteiger partial charge in [0.1, 0.15) is 0 Å². The van der Waals surface area contributed by atoms with Crippen LogP contribution in [0.2, 0.25) is 0 Å². The van der Waals surface area contributed by atoms with Crippen molar-refractivity contribution in [2.24, 2.45) is 58.7 Å². The smallest absolute Gasteiger partial charge is 0.0326 e. The zero-order chi connectivity index (χ0) is 22.7. The van der Waals surface area contributed by atoms with Gasteiger partial charge in [0, 0.05) is 0 Å². The van der Waals surface area contributed by atoms with Crippen LogP contribution in [0.3, 0.4) is 0 Å². The predicted octanol–water partition coefficient (Wildman–Crippen LogP) is 10.3. The Labute approximate surface area is 202 Å². The molecule has 0 aliphatic heterocycles. The molecule has 0 aromatic heterocycles. The van der Waals surface area contributed by atoms with Crippen LogP contribution in [0.25, 0.3) is 0 Å². The normalized spacial score (nSPS) is 41.9. The second-order valence-electron chi connectivity index (χ2n) is 14.4. The molecule has 32 heavy (non-hydrogen) atoms. The Morgan fingerprint density at radius 3 is 2.19 bits per heavy atom. The molecule has 0 aromatic carbocycles. The molecule has 4 aliphatic carbocycles. The fourth-order valence-corrected chi connectivity index (χ4v) is 9.66. The Morgan fingerprint density at radius 2 is 1.47 bits per heavy atom. The molecule has 0 saturated heterocycles. The van der Waals surface area contributed by atoms with E-state index < -0.39 is 0 Å². The lowest BCUT2D eigenvalue weighted by Crippen LogP contribution is -2.36. The van der Waals surface area contributed by atoms with Crippen LogP contribution in [0.4, 0.5) is 0 Å². The zero-order valence-corrected chi connectivity index (χ0v) is 22.7. The lowest BCUT2D eigenvalue weighted by atomic mass is 9.61. The van der Waals surface area contributed by atoms with E-state index in [9.17, 15) is 0 Å². The van der Waals surface area contributed by atoms with Crippen LogP contribution < -0.4 is 0 Å². The Balaban J connectivity index is 1.45. The molecule has 0 bridgehead atoms. The lowest BCUT2D eigenvalue weighted by Gasteiger charge is -2.44. The topological polar surface area (TPSA) is 0 Å². The van der Waals surface area contributed by atoms with Crippen LogP contribution in [-0.2, 0) is 0 Å². The summed E-state index contributed by atoms with van der Waals surface area (Å²) in [4.78, 5) is 0. The van der Waals surface area contributed by atoms with Crippen LogP contribution in [0.1, 0.15) is 144 Å². The second kappa shape index (κ2) is 11.2. The average molecular weight is 443 g/mol. The quantitative estimate of drug-likeness (QED) is 0.368. The van der Waals surface area contributed by atoms with E-state index in [1.165, 1.54) is 44.9 Å². The minimum absolute atomic E-state index is 0.511. The summed E-state index contributed by atoms with van der Waals surface area (Å²) in [5, 5.41) is 0. The summed E-state index contributed by atoms with van der Waals surface area (Å²) in [5.74, 6) is 9.43. The third-order valence-corrected chi connectivity index (χ3v) is 11.4. The summed E-state index contributed by atoms with van der Waals surface area (Å²) in [5.41, 5.74) is 0.511. The fraction of sp³-hybridized carbons (Fsp3) is 1.00. The van der Waals surface area contributed by atoms with Crippen LogP contribution in [-0.4, -0.2) is 0 Å². The molecule has 4 aliphatic rings. The maximum Gasteiger partial charge on any atom is -0.0326 e. The third-order valence-electron chi connectivity index (χ3n) is 11.4. The molecule has 0 N–H and O–H groups in total. The Kier molecular flexibility index (Phi) is 8.75. The van der Waals surface area contributed by atoms with E-state index in [-0.39, 0.29) is 0 Å². The largest absolute Gasteiger partial charge is 0.0651 e. The van der Waals surface area contributed by atoms with E-state index in [1.54, 1.807) is 64.2 Å². The van der Waals surface area contributed by atoms with Gasteiger partial charge in [0.2, 0.25) is 0 Å². The molecular formula is C32H58. The van der Waals surface area contributed by atoms with Gasteiger partial charge in [-0.3, -0.25) is 0 Å². The molecule has 8 unspecified atom stereocenters. The molecule has 0 amide bonds. The molecule has 0 radical (unpaired) electrons. The molecule has 0 aromatic rings. The summed E-state index contributed by atoms with van der Waals surface area (Å²) in [6, 6.07) is 0. The summed E-state index contributed by atoms with van der Waals surface area (Å²) < 4.78 is 0. The first-order valence-corrected chi connectivity index (χ1v) is 15.4. The van der Waals surface area contributed by atoms with Crippen molar-refractivity contribution >= 4 is 0 Å². The lowest BCUT2D eigenvalue weighted by molar-refractivity contribution is 0.0541. The van der Waals surface area contributed by atoms with E-state index >= 15 is 0 Å². The molecule has 0 heteroatoms. The van der Waals surface area contributed by atoms with Crippen LogP contribution >= 0.6 is 0 Å². The van der Waals surface area contributed by atoms with Gasteiger partial charge in [-0.25, -0.2) is 0 Å². The third kappa shape index (κ3) is 5.97. The van der Waals surface area contributed by atoms with Crippen molar-refractivity contribution in [1.82, 2.24) is 0 Å². The standard InChI is InChI=1S/C32H58/c1-6-25-20-23(2)21-30(25)29-19-18-26(15-10-14-24-12-8-7-9-13-24)31(29)27-16-11-17-28(22-27)32(3,4)5/h23-31H,6-22H2,1-5H3. The van der Waals surface area contributed by atoms with E-state index in [0.717, 1.165) is 53.3 Å². The SMILES string of the molecule is CCC1CC(C)CC1C1CCC(CCCC2CCCCC2)C1C1CCCC(C(C)(C)C)C1. The summed E-state index contributed by atoms with van der Waals surface area (Å²) in [7, 11) is 0. The second-order valence-corrected chi connectivity index (χ2v) is 14.4.